The van der Waals surface area contributed by atoms with Gasteiger partial charge in [0.25, 0.3) is 11.8 Å². The summed E-state index contributed by atoms with van der Waals surface area (Å²) in [6.45, 7) is 7.08. The monoisotopic (exact) mass is 497 g/mol. The average molecular weight is 498 g/mol. The smallest absolute Gasteiger partial charge is 0.258 e. The zero-order valence-electron chi connectivity index (χ0n) is 21.5. The highest BCUT2D eigenvalue weighted by atomic mass is 19.1. The fraction of sp³-hybridized carbons (Fsp3) is 0.500. The minimum absolute atomic E-state index is 0.0635. The molecule has 8 heteroatoms. The summed E-state index contributed by atoms with van der Waals surface area (Å²) in [5.41, 5.74) is 0.666. The van der Waals surface area contributed by atoms with Crippen molar-refractivity contribution in [3.63, 3.8) is 0 Å². The highest BCUT2D eigenvalue weighted by Gasteiger charge is 2.31. The van der Waals surface area contributed by atoms with Crippen LogP contribution in [0.3, 0.4) is 0 Å². The number of amides is 2. The molecule has 0 bridgehead atoms. The first-order valence-corrected chi connectivity index (χ1v) is 12.6. The third-order valence-corrected chi connectivity index (χ3v) is 7.14. The number of rotatable bonds is 5. The number of carbonyl (C=O) groups excluding carboxylic acids is 2. The van der Waals surface area contributed by atoms with Crippen LogP contribution >= 0.6 is 0 Å². The van der Waals surface area contributed by atoms with Gasteiger partial charge in [0.2, 0.25) is 0 Å². The van der Waals surface area contributed by atoms with Gasteiger partial charge < -0.3 is 19.7 Å². The van der Waals surface area contributed by atoms with Gasteiger partial charge in [-0.05, 0) is 61.9 Å². The quantitative estimate of drug-likeness (QED) is 0.667. The van der Waals surface area contributed by atoms with Gasteiger partial charge in [-0.25, -0.2) is 4.39 Å². The molecule has 1 aliphatic heterocycles. The van der Waals surface area contributed by atoms with Gasteiger partial charge in [-0.1, -0.05) is 19.1 Å². The number of ether oxygens (including phenoxy) is 2. The van der Waals surface area contributed by atoms with E-state index in [4.69, 9.17) is 9.47 Å². The van der Waals surface area contributed by atoms with Gasteiger partial charge >= 0.3 is 0 Å². The van der Waals surface area contributed by atoms with E-state index in [1.54, 1.807) is 43.3 Å². The van der Waals surface area contributed by atoms with Crippen molar-refractivity contribution in [2.45, 2.75) is 38.8 Å². The molecule has 2 amide bonds. The largest absolute Gasteiger partial charge is 0.491 e. The Morgan fingerprint density at radius 3 is 2.61 bits per heavy atom. The van der Waals surface area contributed by atoms with Crippen molar-refractivity contribution in [2.24, 2.45) is 11.8 Å². The Hall–Kier alpha value is -2.97. The Labute approximate surface area is 212 Å². The third kappa shape index (κ3) is 6.23. The second-order valence-electron chi connectivity index (χ2n) is 10.1. The summed E-state index contributed by atoms with van der Waals surface area (Å²) in [4.78, 5) is 30.2. The fourth-order valence-corrected chi connectivity index (χ4v) is 4.66. The molecule has 2 aromatic carbocycles. The third-order valence-electron chi connectivity index (χ3n) is 7.14. The number of methoxy groups -OCH3 is 1. The zero-order chi connectivity index (χ0) is 25.8. The van der Waals surface area contributed by atoms with E-state index in [9.17, 15) is 14.0 Å². The van der Waals surface area contributed by atoms with Crippen LogP contribution in [-0.4, -0.2) is 74.2 Å². The van der Waals surface area contributed by atoms with Crippen LogP contribution in [0.25, 0.3) is 0 Å². The Bertz CT molecular complexity index is 1090. The molecule has 0 spiro atoms. The number of nitrogens with one attached hydrogen (secondary N) is 1. The molecule has 1 saturated carbocycles. The van der Waals surface area contributed by atoms with Crippen molar-refractivity contribution in [3.05, 3.63) is 59.4 Å². The van der Waals surface area contributed by atoms with Crippen LogP contribution in [0.2, 0.25) is 0 Å². The van der Waals surface area contributed by atoms with Gasteiger partial charge in [-0.3, -0.25) is 14.5 Å². The van der Waals surface area contributed by atoms with Gasteiger partial charge in [-0.2, -0.15) is 0 Å². The molecule has 0 aromatic heterocycles. The molecule has 0 unspecified atom stereocenters. The van der Waals surface area contributed by atoms with Crippen LogP contribution in [-0.2, 0) is 4.74 Å². The van der Waals surface area contributed by atoms with Gasteiger partial charge in [0.15, 0.2) is 0 Å². The molecule has 1 aliphatic carbocycles. The highest BCUT2D eigenvalue weighted by Crippen LogP contribution is 2.32. The fourth-order valence-electron chi connectivity index (χ4n) is 4.66. The van der Waals surface area contributed by atoms with Crippen molar-refractivity contribution in [3.8, 4) is 5.75 Å². The van der Waals surface area contributed by atoms with Crippen LogP contribution in [0, 0.1) is 17.7 Å². The molecule has 0 radical (unpaired) electrons. The predicted octanol–water partition coefficient (Wildman–Crippen LogP) is 4.29. The topological polar surface area (TPSA) is 71.1 Å². The summed E-state index contributed by atoms with van der Waals surface area (Å²) in [6.07, 6.45) is 2.42. The second kappa shape index (κ2) is 11.4. The lowest BCUT2D eigenvalue weighted by molar-refractivity contribution is 0.00994. The summed E-state index contributed by atoms with van der Waals surface area (Å²) in [5.74, 6) is -0.00579. The molecule has 0 saturated heterocycles. The number of benzene rings is 2. The number of anilines is 1. The number of hydrogen-bond donors (Lipinski definition) is 1. The van der Waals surface area contributed by atoms with Gasteiger partial charge in [-0.15, -0.1) is 0 Å². The Morgan fingerprint density at radius 2 is 1.92 bits per heavy atom. The highest BCUT2D eigenvalue weighted by molar-refractivity contribution is 6.05. The van der Waals surface area contributed by atoms with E-state index in [1.807, 2.05) is 0 Å². The number of fused-ring (bicyclic) bond motifs is 1. The van der Waals surface area contributed by atoms with Crippen LogP contribution in [0.15, 0.2) is 42.5 Å². The lowest BCUT2D eigenvalue weighted by atomic mass is 10.0. The molecule has 4 rings (SSSR count). The summed E-state index contributed by atoms with van der Waals surface area (Å²) in [6, 6.07) is 10.9. The van der Waals surface area contributed by atoms with E-state index in [-0.39, 0.29) is 29.5 Å². The van der Waals surface area contributed by atoms with Crippen molar-refractivity contribution >= 4 is 17.5 Å². The van der Waals surface area contributed by atoms with Crippen molar-refractivity contribution in [2.75, 3.05) is 45.7 Å². The lowest BCUT2D eigenvalue weighted by Gasteiger charge is -2.36. The minimum Gasteiger partial charge on any atom is -0.491 e. The Balaban J connectivity index is 1.61. The SMILES string of the molecule is CO[C@H]1CN(C)C(=O)c2cc(NC(=O)c3ccccc3F)ccc2OC[C@@H](C)N(CC2CC2)C[C@H]1C. The van der Waals surface area contributed by atoms with Crippen LogP contribution in [0.5, 0.6) is 5.75 Å². The normalized spacial score (nSPS) is 23.8. The van der Waals surface area contributed by atoms with Gasteiger partial charge in [0, 0.05) is 45.5 Å². The Kier molecular flexibility index (Phi) is 8.26. The molecule has 7 nitrogen and oxygen atoms in total. The van der Waals surface area contributed by atoms with E-state index >= 15 is 0 Å². The van der Waals surface area contributed by atoms with Crippen LogP contribution in [0.4, 0.5) is 10.1 Å². The molecule has 1 fully saturated rings. The van der Waals surface area contributed by atoms with Gasteiger partial charge in [0.05, 0.1) is 17.2 Å². The first kappa shape index (κ1) is 26.1. The summed E-state index contributed by atoms with van der Waals surface area (Å²) < 4.78 is 26.1. The van der Waals surface area contributed by atoms with E-state index in [2.05, 4.69) is 24.1 Å². The van der Waals surface area contributed by atoms with Gasteiger partial charge in [0.1, 0.15) is 18.2 Å². The average Bonchev–Trinajstić information content (AvgIpc) is 3.69. The van der Waals surface area contributed by atoms with E-state index in [0.29, 0.717) is 30.2 Å². The number of hydrogen-bond acceptors (Lipinski definition) is 5. The van der Waals surface area contributed by atoms with Crippen LogP contribution < -0.4 is 10.1 Å². The molecule has 2 aromatic rings. The standard InChI is InChI=1S/C28H36FN3O4/c1-18-14-32(15-20-9-10-20)19(2)17-36-25-12-11-21(30-27(33)22-7-5-6-8-24(22)29)13-23(25)28(34)31(3)16-26(18)35-4/h5-8,11-13,18-20,26H,9-10,14-17H2,1-4H3,(H,30,33)/t18-,19-,26+/m1/s1. The first-order valence-electron chi connectivity index (χ1n) is 12.6. The molecular weight excluding hydrogens is 461 g/mol. The summed E-state index contributed by atoms with van der Waals surface area (Å²) in [7, 11) is 3.43. The van der Waals surface area contributed by atoms with E-state index in [1.165, 1.54) is 31.0 Å². The summed E-state index contributed by atoms with van der Waals surface area (Å²) >= 11 is 0. The molecular formula is C28H36FN3O4. The Morgan fingerprint density at radius 1 is 1.17 bits per heavy atom. The zero-order valence-corrected chi connectivity index (χ0v) is 21.5. The van der Waals surface area contributed by atoms with E-state index in [0.717, 1.165) is 19.0 Å². The molecule has 1 heterocycles. The maximum absolute atomic E-state index is 14.1. The van der Waals surface area contributed by atoms with E-state index < -0.39 is 11.7 Å². The molecule has 3 atom stereocenters. The molecule has 1 N–H and O–H groups in total. The number of carbonyl (C=O) groups is 2. The number of likely N-dealkylation sites (N-methyl/N-ethyl adjacent to an activating group) is 1. The van der Waals surface area contributed by atoms with Crippen LogP contribution in [0.1, 0.15) is 47.4 Å². The second-order valence-corrected chi connectivity index (χ2v) is 10.1. The molecule has 194 valence electrons. The van der Waals surface area contributed by atoms with Crippen molar-refractivity contribution in [1.82, 2.24) is 9.80 Å². The van der Waals surface area contributed by atoms with Crippen molar-refractivity contribution in [1.29, 1.82) is 0 Å². The lowest BCUT2D eigenvalue weighted by Crippen LogP contribution is -2.47. The molecule has 2 aliphatic rings. The maximum atomic E-state index is 14.1. The first-order chi connectivity index (χ1) is 17.3. The minimum atomic E-state index is -0.607. The van der Waals surface area contributed by atoms with Crippen molar-refractivity contribution < 1.29 is 23.5 Å². The maximum Gasteiger partial charge on any atom is 0.258 e. The molecule has 36 heavy (non-hydrogen) atoms. The summed E-state index contributed by atoms with van der Waals surface area (Å²) in [5, 5.41) is 2.70. The number of halogens is 1. The number of nitrogens with zero attached hydrogens (tertiary/aromatic N) is 2. The predicted molar refractivity (Wildman–Crippen MR) is 137 cm³/mol.